The fourth-order valence-electron chi connectivity index (χ4n) is 1.91. The number of nitrogens with zero attached hydrogens (tertiary/aromatic N) is 3. The predicted octanol–water partition coefficient (Wildman–Crippen LogP) is 4.19. The molecule has 2 aromatic heterocycles. The van der Waals surface area contributed by atoms with Crippen LogP contribution in [0.15, 0.2) is 52.9 Å². The van der Waals surface area contributed by atoms with Gasteiger partial charge in [-0.25, -0.2) is 8.78 Å². The Morgan fingerprint density at radius 1 is 1.19 bits per heavy atom. The molecule has 106 valence electrons. The molecule has 0 amide bonds. The lowest BCUT2D eigenvalue weighted by atomic mass is 10.3. The molecule has 3 nitrogen and oxygen atoms in total. The van der Waals surface area contributed by atoms with E-state index in [2.05, 4.69) is 16.8 Å². The zero-order valence-corrected chi connectivity index (χ0v) is 12.0. The first-order chi connectivity index (χ1) is 10.0. The van der Waals surface area contributed by atoms with Crippen LogP contribution >= 0.6 is 11.8 Å². The number of benzene rings is 1. The van der Waals surface area contributed by atoms with E-state index in [0.717, 1.165) is 16.5 Å². The predicted molar refractivity (Wildman–Crippen MR) is 78.2 cm³/mol. The van der Waals surface area contributed by atoms with Gasteiger partial charge in [0.2, 0.25) is 0 Å². The largest absolute Gasteiger partial charge is 0.282 e. The van der Waals surface area contributed by atoms with Gasteiger partial charge in [0.15, 0.2) is 11.5 Å². The van der Waals surface area contributed by atoms with Gasteiger partial charge in [0.1, 0.15) is 11.6 Å². The van der Waals surface area contributed by atoms with Gasteiger partial charge in [-0.3, -0.25) is 4.40 Å². The summed E-state index contributed by atoms with van der Waals surface area (Å²) in [5, 5.41) is 8.09. The maximum atomic E-state index is 13.7. The van der Waals surface area contributed by atoms with Crippen LogP contribution in [0.3, 0.4) is 0 Å². The van der Waals surface area contributed by atoms with E-state index in [-0.39, 0.29) is 0 Å². The molecule has 0 saturated heterocycles. The number of rotatable bonds is 3. The number of halogens is 2. The Hall–Kier alpha value is -2.21. The van der Waals surface area contributed by atoms with Crippen molar-refractivity contribution in [2.24, 2.45) is 0 Å². The first-order valence-electron chi connectivity index (χ1n) is 6.18. The highest BCUT2D eigenvalue weighted by atomic mass is 32.2. The molecule has 6 heteroatoms. The topological polar surface area (TPSA) is 30.2 Å². The van der Waals surface area contributed by atoms with Crippen LogP contribution in [0.4, 0.5) is 8.78 Å². The normalized spacial score (nSPS) is 11.0. The van der Waals surface area contributed by atoms with Crippen LogP contribution in [0, 0.1) is 11.6 Å². The summed E-state index contributed by atoms with van der Waals surface area (Å²) in [6.07, 6.45) is 1.81. The average molecular weight is 303 g/mol. The van der Waals surface area contributed by atoms with Crippen LogP contribution in [0.5, 0.6) is 0 Å². The van der Waals surface area contributed by atoms with Gasteiger partial charge >= 0.3 is 0 Å². The van der Waals surface area contributed by atoms with Gasteiger partial charge in [-0.2, -0.15) is 0 Å². The molecule has 2 heterocycles. The van der Waals surface area contributed by atoms with Crippen molar-refractivity contribution in [2.75, 3.05) is 0 Å². The van der Waals surface area contributed by atoms with Gasteiger partial charge in [0.05, 0.1) is 0 Å². The molecule has 0 aliphatic heterocycles. The highest BCUT2D eigenvalue weighted by Gasteiger charge is 2.09. The second-order valence-electron chi connectivity index (χ2n) is 4.57. The third-order valence-corrected chi connectivity index (χ3v) is 3.91. The highest BCUT2D eigenvalue weighted by Crippen LogP contribution is 2.30. The third-order valence-electron chi connectivity index (χ3n) is 2.88. The smallest absolute Gasteiger partial charge is 0.163 e. The molecule has 0 aliphatic rings. The second kappa shape index (κ2) is 5.29. The molecule has 0 radical (unpaired) electrons. The Kier molecular flexibility index (Phi) is 3.47. The number of aromatic nitrogens is 3. The quantitative estimate of drug-likeness (QED) is 0.726. The van der Waals surface area contributed by atoms with Crippen LogP contribution < -0.4 is 0 Å². The number of hydrogen-bond donors (Lipinski definition) is 0. The Bertz CT molecular complexity index is 842. The van der Waals surface area contributed by atoms with E-state index in [1.165, 1.54) is 23.9 Å². The summed E-state index contributed by atoms with van der Waals surface area (Å²) in [6, 6.07) is 7.15. The maximum Gasteiger partial charge on any atom is 0.163 e. The van der Waals surface area contributed by atoms with Crippen molar-refractivity contribution < 1.29 is 8.78 Å². The fourth-order valence-corrected chi connectivity index (χ4v) is 2.75. The van der Waals surface area contributed by atoms with Crippen molar-refractivity contribution in [1.82, 2.24) is 14.6 Å². The first-order valence-corrected chi connectivity index (χ1v) is 7.00. The van der Waals surface area contributed by atoms with Crippen molar-refractivity contribution in [3.05, 3.63) is 60.6 Å². The molecule has 0 unspecified atom stereocenters. The molecule has 0 fully saturated rings. The van der Waals surface area contributed by atoms with E-state index < -0.39 is 11.6 Å². The highest BCUT2D eigenvalue weighted by molar-refractivity contribution is 7.99. The zero-order valence-electron chi connectivity index (χ0n) is 11.2. The Morgan fingerprint density at radius 2 is 2.00 bits per heavy atom. The maximum absolute atomic E-state index is 13.7. The molecular weight excluding hydrogens is 292 g/mol. The number of hydrogen-bond acceptors (Lipinski definition) is 3. The van der Waals surface area contributed by atoms with Gasteiger partial charge < -0.3 is 0 Å². The molecule has 0 saturated carbocycles. The molecule has 0 spiro atoms. The molecule has 21 heavy (non-hydrogen) atoms. The molecule has 3 aromatic rings. The summed E-state index contributed by atoms with van der Waals surface area (Å²) in [5.41, 5.74) is 1.48. The standard InChI is InChI=1S/C15H11F2N3S/c1-9(2)15-19-18-14-6-4-11(8-20(14)15)21-13-5-3-10(16)7-12(13)17/h3-8H,1H2,2H3. The minimum Gasteiger partial charge on any atom is -0.282 e. The molecular formula is C15H11F2N3S. The number of allylic oxidation sites excluding steroid dienone is 1. The first kappa shape index (κ1) is 13.8. The monoisotopic (exact) mass is 303 g/mol. The second-order valence-corrected chi connectivity index (χ2v) is 5.69. The van der Waals surface area contributed by atoms with Crippen molar-refractivity contribution in [2.45, 2.75) is 16.7 Å². The molecule has 1 aromatic carbocycles. The summed E-state index contributed by atoms with van der Waals surface area (Å²) in [6.45, 7) is 5.70. The Morgan fingerprint density at radius 3 is 2.71 bits per heavy atom. The SMILES string of the molecule is C=C(C)c1nnc2ccc(Sc3ccc(F)cc3F)cn12. The fraction of sp³-hybridized carbons (Fsp3) is 0.0667. The van der Waals surface area contributed by atoms with E-state index >= 15 is 0 Å². The number of fused-ring (bicyclic) bond motifs is 1. The van der Waals surface area contributed by atoms with Crippen molar-refractivity contribution in [3.63, 3.8) is 0 Å². The van der Waals surface area contributed by atoms with Gasteiger partial charge in [0.25, 0.3) is 0 Å². The van der Waals surface area contributed by atoms with Gasteiger partial charge in [0, 0.05) is 22.1 Å². The van der Waals surface area contributed by atoms with Crippen LogP contribution in [0.25, 0.3) is 11.2 Å². The van der Waals surface area contributed by atoms with Crippen LogP contribution in [0.2, 0.25) is 0 Å². The van der Waals surface area contributed by atoms with Gasteiger partial charge in [-0.05, 0) is 36.8 Å². The van der Waals surface area contributed by atoms with Crippen molar-refractivity contribution in [1.29, 1.82) is 0 Å². The van der Waals surface area contributed by atoms with E-state index in [1.54, 1.807) is 10.5 Å². The number of pyridine rings is 1. The lowest BCUT2D eigenvalue weighted by Crippen LogP contribution is -1.92. The Labute approximate surface area is 124 Å². The molecule has 0 bridgehead atoms. The summed E-state index contributed by atoms with van der Waals surface area (Å²) < 4.78 is 28.4. The van der Waals surface area contributed by atoms with Gasteiger partial charge in [-0.15, -0.1) is 10.2 Å². The van der Waals surface area contributed by atoms with E-state index in [4.69, 9.17) is 0 Å². The van der Waals surface area contributed by atoms with Crippen molar-refractivity contribution in [3.8, 4) is 0 Å². The minimum atomic E-state index is -0.587. The lowest BCUT2D eigenvalue weighted by molar-refractivity contribution is 0.565. The summed E-state index contributed by atoms with van der Waals surface area (Å²) in [7, 11) is 0. The third kappa shape index (κ3) is 2.67. The summed E-state index contributed by atoms with van der Waals surface area (Å²) in [5.74, 6) is -0.508. The van der Waals surface area contributed by atoms with E-state index in [0.29, 0.717) is 16.4 Å². The van der Waals surface area contributed by atoms with Crippen LogP contribution in [0.1, 0.15) is 12.7 Å². The van der Waals surface area contributed by atoms with E-state index in [1.807, 2.05) is 19.2 Å². The lowest BCUT2D eigenvalue weighted by Gasteiger charge is -2.05. The molecule has 0 N–H and O–H groups in total. The Balaban J connectivity index is 2.00. The molecule has 0 aliphatic carbocycles. The van der Waals surface area contributed by atoms with Crippen LogP contribution in [-0.4, -0.2) is 14.6 Å². The van der Waals surface area contributed by atoms with Crippen LogP contribution in [-0.2, 0) is 0 Å². The molecule has 3 rings (SSSR count). The summed E-state index contributed by atoms with van der Waals surface area (Å²) >= 11 is 1.21. The zero-order chi connectivity index (χ0) is 15.0. The molecule has 0 atom stereocenters. The van der Waals surface area contributed by atoms with Crippen molar-refractivity contribution >= 4 is 23.0 Å². The average Bonchev–Trinajstić information content (AvgIpc) is 2.85. The van der Waals surface area contributed by atoms with Gasteiger partial charge in [-0.1, -0.05) is 18.3 Å². The minimum absolute atomic E-state index is 0.362. The van der Waals surface area contributed by atoms with E-state index in [9.17, 15) is 8.78 Å². The summed E-state index contributed by atoms with van der Waals surface area (Å²) in [4.78, 5) is 1.16.